The van der Waals surface area contributed by atoms with E-state index in [9.17, 15) is 4.79 Å². The van der Waals surface area contributed by atoms with E-state index >= 15 is 0 Å². The monoisotopic (exact) mass is 475 g/mol. The van der Waals surface area contributed by atoms with E-state index in [2.05, 4.69) is 59.6 Å². The minimum atomic E-state index is -0.190. The number of rotatable bonds is 9. The van der Waals surface area contributed by atoms with Crippen molar-refractivity contribution in [2.75, 3.05) is 19.4 Å². The van der Waals surface area contributed by atoms with Crippen molar-refractivity contribution in [2.24, 2.45) is 5.92 Å². The molecule has 1 aromatic carbocycles. The Bertz CT molecular complexity index is 1180. The van der Waals surface area contributed by atoms with Gasteiger partial charge >= 0.3 is 0 Å². The third kappa shape index (κ3) is 6.06. The molecule has 2 heterocycles. The number of amides is 1. The number of benzene rings is 1. The van der Waals surface area contributed by atoms with Gasteiger partial charge in [0.25, 0.3) is 0 Å². The van der Waals surface area contributed by atoms with Gasteiger partial charge in [0, 0.05) is 30.7 Å². The van der Waals surface area contributed by atoms with Crippen LogP contribution in [0.4, 0.5) is 11.5 Å². The van der Waals surface area contributed by atoms with Gasteiger partial charge in [-0.15, -0.1) is 0 Å². The van der Waals surface area contributed by atoms with Crippen LogP contribution in [0, 0.1) is 5.92 Å². The molecule has 4 rings (SSSR count). The maximum Gasteiger partial charge on any atom is 0.243 e. The maximum atomic E-state index is 11.5. The second-order valence-electron chi connectivity index (χ2n) is 10.00. The predicted molar refractivity (Wildman–Crippen MR) is 141 cm³/mol. The topological polar surface area (TPSA) is 88.0 Å². The first-order valence-corrected chi connectivity index (χ1v) is 12.5. The van der Waals surface area contributed by atoms with Gasteiger partial charge in [-0.25, -0.2) is 15.0 Å². The van der Waals surface area contributed by atoms with Crippen LogP contribution in [-0.2, 0) is 17.8 Å². The fourth-order valence-electron chi connectivity index (χ4n) is 4.80. The Morgan fingerprint density at radius 2 is 2.00 bits per heavy atom. The molecule has 0 atom stereocenters. The molecule has 1 aliphatic carbocycles. The number of hydrogen-bond acceptors (Lipinski definition) is 6. The van der Waals surface area contributed by atoms with Crippen LogP contribution in [0.25, 0.3) is 11.2 Å². The maximum absolute atomic E-state index is 11.5. The molecule has 1 fully saturated rings. The molecule has 35 heavy (non-hydrogen) atoms. The summed E-state index contributed by atoms with van der Waals surface area (Å²) >= 11 is 0. The molecule has 2 aromatic heterocycles. The van der Waals surface area contributed by atoms with Gasteiger partial charge in [-0.3, -0.25) is 4.79 Å². The average molecular weight is 476 g/mol. The van der Waals surface area contributed by atoms with Gasteiger partial charge in [-0.05, 0) is 83.3 Å². The highest BCUT2D eigenvalue weighted by Gasteiger charge is 2.24. The van der Waals surface area contributed by atoms with Crippen LogP contribution in [0.5, 0.6) is 0 Å². The second kappa shape index (κ2) is 11.0. The van der Waals surface area contributed by atoms with E-state index in [0.29, 0.717) is 18.5 Å². The van der Waals surface area contributed by atoms with E-state index in [1.165, 1.54) is 31.8 Å². The predicted octanol–water partition coefficient (Wildman–Crippen LogP) is 4.62. The molecule has 1 saturated carbocycles. The molecule has 0 unspecified atom stereocenters. The zero-order valence-electron chi connectivity index (χ0n) is 21.3. The Labute approximate surface area is 207 Å². The van der Waals surface area contributed by atoms with Crippen LogP contribution < -0.4 is 10.6 Å². The normalized spacial score (nSPS) is 18.2. The van der Waals surface area contributed by atoms with Crippen molar-refractivity contribution >= 4 is 28.6 Å². The third-order valence-corrected chi connectivity index (χ3v) is 6.88. The van der Waals surface area contributed by atoms with Gasteiger partial charge in [-0.1, -0.05) is 18.7 Å². The molecule has 8 heteroatoms. The van der Waals surface area contributed by atoms with Gasteiger partial charge in [-0.2, -0.15) is 0 Å². The Kier molecular flexibility index (Phi) is 7.80. The number of fused-ring (bicyclic) bond motifs is 1. The summed E-state index contributed by atoms with van der Waals surface area (Å²) in [5.41, 5.74) is 3.51. The summed E-state index contributed by atoms with van der Waals surface area (Å²) in [6, 6.07) is 8.88. The van der Waals surface area contributed by atoms with Crippen molar-refractivity contribution in [3.05, 3.63) is 54.6 Å². The average Bonchev–Trinajstić information content (AvgIpc) is 3.28. The van der Waals surface area contributed by atoms with E-state index in [1.54, 1.807) is 0 Å². The fourth-order valence-corrected chi connectivity index (χ4v) is 4.80. The summed E-state index contributed by atoms with van der Waals surface area (Å²) in [4.78, 5) is 28.4. The number of carbonyl (C=O) groups is 1. The highest BCUT2D eigenvalue weighted by atomic mass is 16.1. The summed E-state index contributed by atoms with van der Waals surface area (Å²) < 4.78 is 2.11. The van der Waals surface area contributed by atoms with Crippen LogP contribution in [0.15, 0.2) is 43.2 Å². The molecule has 186 valence electrons. The standard InChI is InChI=1S/C27H37N7O/c1-6-24(35)28-16-20-8-7-9-21(14-20)30-26-25-27(34(17-29-25)18(2)3)32-23(31-26)15-19-10-12-22(13-11-19)33(4)5/h6-9,14,17-19,22H,1,10-13,15-16H2,2-5H3,(H,28,35)(H,30,31,32). The lowest BCUT2D eigenvalue weighted by Crippen LogP contribution is -2.32. The Morgan fingerprint density at radius 1 is 1.23 bits per heavy atom. The molecule has 0 spiro atoms. The Hall–Kier alpha value is -3.26. The summed E-state index contributed by atoms with van der Waals surface area (Å²) in [6.45, 7) is 8.21. The molecular weight excluding hydrogens is 438 g/mol. The van der Waals surface area contributed by atoms with Crippen molar-refractivity contribution in [3.63, 3.8) is 0 Å². The lowest BCUT2D eigenvalue weighted by molar-refractivity contribution is -0.116. The van der Waals surface area contributed by atoms with E-state index in [4.69, 9.17) is 9.97 Å². The molecule has 8 nitrogen and oxygen atoms in total. The number of nitrogens with zero attached hydrogens (tertiary/aromatic N) is 5. The lowest BCUT2D eigenvalue weighted by atomic mass is 9.83. The van der Waals surface area contributed by atoms with E-state index in [0.717, 1.165) is 40.5 Å². The van der Waals surface area contributed by atoms with Crippen LogP contribution in [0.2, 0.25) is 0 Å². The minimum Gasteiger partial charge on any atom is -0.348 e. The third-order valence-electron chi connectivity index (χ3n) is 6.88. The van der Waals surface area contributed by atoms with E-state index in [1.807, 2.05) is 30.6 Å². The number of hydrogen-bond donors (Lipinski definition) is 2. The zero-order valence-corrected chi connectivity index (χ0v) is 21.3. The molecule has 0 bridgehead atoms. The molecule has 0 radical (unpaired) electrons. The smallest absolute Gasteiger partial charge is 0.243 e. The Morgan fingerprint density at radius 3 is 2.69 bits per heavy atom. The minimum absolute atomic E-state index is 0.190. The molecule has 0 saturated heterocycles. The van der Waals surface area contributed by atoms with Crippen LogP contribution >= 0.6 is 0 Å². The number of aromatic nitrogens is 4. The summed E-state index contributed by atoms with van der Waals surface area (Å²) in [5, 5.41) is 6.29. The van der Waals surface area contributed by atoms with Gasteiger partial charge in [0.1, 0.15) is 5.82 Å². The fraction of sp³-hybridized carbons (Fsp3) is 0.481. The largest absolute Gasteiger partial charge is 0.348 e. The van der Waals surface area contributed by atoms with Crippen molar-refractivity contribution in [2.45, 2.75) is 64.6 Å². The number of anilines is 2. The highest BCUT2D eigenvalue weighted by Crippen LogP contribution is 2.30. The Balaban J connectivity index is 1.59. The summed E-state index contributed by atoms with van der Waals surface area (Å²) in [6.07, 6.45) is 8.86. The van der Waals surface area contributed by atoms with Crippen molar-refractivity contribution in [1.82, 2.24) is 29.7 Å². The van der Waals surface area contributed by atoms with E-state index in [-0.39, 0.29) is 11.9 Å². The van der Waals surface area contributed by atoms with Gasteiger partial charge < -0.3 is 20.1 Å². The first-order chi connectivity index (χ1) is 16.8. The summed E-state index contributed by atoms with van der Waals surface area (Å²) in [5.74, 6) is 2.00. The van der Waals surface area contributed by atoms with Crippen molar-refractivity contribution in [1.29, 1.82) is 0 Å². The number of imidazole rings is 1. The van der Waals surface area contributed by atoms with Gasteiger partial charge in [0.05, 0.1) is 6.33 Å². The van der Waals surface area contributed by atoms with Crippen LogP contribution in [-0.4, -0.2) is 50.5 Å². The number of nitrogens with one attached hydrogen (secondary N) is 2. The second-order valence-corrected chi connectivity index (χ2v) is 10.00. The molecule has 2 N–H and O–H groups in total. The molecular formula is C27H37N7O. The molecule has 1 amide bonds. The molecule has 0 aliphatic heterocycles. The molecule has 3 aromatic rings. The highest BCUT2D eigenvalue weighted by molar-refractivity contribution is 5.87. The molecule has 1 aliphatic rings. The van der Waals surface area contributed by atoms with E-state index < -0.39 is 0 Å². The first kappa shape index (κ1) is 24.9. The number of carbonyl (C=O) groups excluding carboxylic acids is 1. The van der Waals surface area contributed by atoms with Crippen LogP contribution in [0.3, 0.4) is 0 Å². The summed E-state index contributed by atoms with van der Waals surface area (Å²) in [7, 11) is 4.35. The van der Waals surface area contributed by atoms with Crippen molar-refractivity contribution < 1.29 is 4.79 Å². The SMILES string of the molecule is C=CC(=O)NCc1cccc(Nc2nc(CC3CCC(N(C)C)CC3)nc3c2ncn3C(C)C)c1. The lowest BCUT2D eigenvalue weighted by Gasteiger charge is -2.32. The van der Waals surface area contributed by atoms with Crippen molar-refractivity contribution in [3.8, 4) is 0 Å². The zero-order chi connectivity index (χ0) is 24.9. The van der Waals surface area contributed by atoms with Gasteiger partial charge in [0.2, 0.25) is 5.91 Å². The van der Waals surface area contributed by atoms with Crippen LogP contribution in [0.1, 0.15) is 57.0 Å². The quantitative estimate of drug-likeness (QED) is 0.439. The van der Waals surface area contributed by atoms with Gasteiger partial charge in [0.15, 0.2) is 17.0 Å². The first-order valence-electron chi connectivity index (χ1n) is 12.5.